The molecule has 0 atom stereocenters. The monoisotopic (exact) mass is 356 g/mol. The summed E-state index contributed by atoms with van der Waals surface area (Å²) in [6, 6.07) is 21.5. The molecule has 0 saturated carbocycles. The highest BCUT2D eigenvalue weighted by atomic mass is 16.1. The van der Waals surface area contributed by atoms with Gasteiger partial charge in [-0.25, -0.2) is 4.98 Å². The fraction of sp³-hybridized carbons (Fsp3) is 0.136. The second kappa shape index (κ2) is 7.03. The molecule has 134 valence electrons. The van der Waals surface area contributed by atoms with Gasteiger partial charge in [0.15, 0.2) is 5.65 Å². The largest absolute Gasteiger partial charge is 0.324 e. The lowest BCUT2D eigenvalue weighted by atomic mass is 9.90. The fourth-order valence-corrected chi connectivity index (χ4v) is 3.38. The molecule has 0 radical (unpaired) electrons. The molecule has 2 aromatic carbocycles. The molecular formula is C22H20N4O. The molecule has 0 fully saturated rings. The number of anilines is 1. The van der Waals surface area contributed by atoms with E-state index in [4.69, 9.17) is 0 Å². The number of benzene rings is 2. The van der Waals surface area contributed by atoms with Crippen LogP contribution in [0.25, 0.3) is 11.0 Å². The topological polar surface area (TPSA) is 59.8 Å². The Morgan fingerprint density at radius 3 is 2.19 bits per heavy atom. The molecule has 0 aliphatic rings. The first-order valence-corrected chi connectivity index (χ1v) is 8.83. The highest BCUT2D eigenvalue weighted by molar-refractivity contribution is 5.99. The molecule has 4 rings (SSSR count). The summed E-state index contributed by atoms with van der Waals surface area (Å²) in [7, 11) is 1.86. The van der Waals surface area contributed by atoms with Crippen molar-refractivity contribution in [3.8, 4) is 0 Å². The Hall–Kier alpha value is -3.47. The maximum absolute atomic E-state index is 13.2. The van der Waals surface area contributed by atoms with E-state index in [0.29, 0.717) is 5.69 Å². The zero-order valence-corrected chi connectivity index (χ0v) is 15.3. The van der Waals surface area contributed by atoms with E-state index in [-0.39, 0.29) is 5.91 Å². The summed E-state index contributed by atoms with van der Waals surface area (Å²) in [6.45, 7) is 1.94. The van der Waals surface area contributed by atoms with Gasteiger partial charge in [-0.15, -0.1) is 0 Å². The second-order valence-corrected chi connectivity index (χ2v) is 6.55. The predicted molar refractivity (Wildman–Crippen MR) is 107 cm³/mol. The number of rotatable bonds is 4. The third-order valence-corrected chi connectivity index (χ3v) is 4.66. The van der Waals surface area contributed by atoms with Crippen LogP contribution in [0.2, 0.25) is 0 Å². The van der Waals surface area contributed by atoms with Crippen LogP contribution in [0.5, 0.6) is 0 Å². The maximum atomic E-state index is 13.2. The molecule has 0 unspecified atom stereocenters. The van der Waals surface area contributed by atoms with Gasteiger partial charge in [-0.05, 0) is 24.1 Å². The minimum atomic E-state index is -0.391. The first kappa shape index (κ1) is 17.0. The van der Waals surface area contributed by atoms with Crippen molar-refractivity contribution < 1.29 is 4.79 Å². The van der Waals surface area contributed by atoms with Crippen LogP contribution in [0, 0.1) is 6.92 Å². The zero-order chi connectivity index (χ0) is 18.8. The van der Waals surface area contributed by atoms with Crippen LogP contribution in [-0.4, -0.2) is 20.7 Å². The lowest BCUT2D eigenvalue weighted by Crippen LogP contribution is -2.22. The van der Waals surface area contributed by atoms with Crippen LogP contribution >= 0.6 is 0 Å². The Morgan fingerprint density at radius 1 is 1.00 bits per heavy atom. The average molecular weight is 356 g/mol. The Balaban J connectivity index is 1.69. The van der Waals surface area contributed by atoms with Gasteiger partial charge < -0.3 is 5.32 Å². The SMILES string of the molecule is Cc1nn(C)c2ncc(NC(=O)C(c3ccccc3)c3ccccc3)cc12. The molecule has 5 nitrogen and oxygen atoms in total. The van der Waals surface area contributed by atoms with E-state index in [1.165, 1.54) is 0 Å². The Morgan fingerprint density at radius 2 is 1.59 bits per heavy atom. The van der Waals surface area contributed by atoms with Crippen LogP contribution in [0.4, 0.5) is 5.69 Å². The van der Waals surface area contributed by atoms with E-state index >= 15 is 0 Å². The second-order valence-electron chi connectivity index (χ2n) is 6.55. The van der Waals surface area contributed by atoms with Gasteiger partial charge in [-0.3, -0.25) is 9.48 Å². The normalized spacial score (nSPS) is 11.1. The van der Waals surface area contributed by atoms with Gasteiger partial charge in [0.2, 0.25) is 5.91 Å². The van der Waals surface area contributed by atoms with Gasteiger partial charge in [0.05, 0.1) is 23.5 Å². The first-order valence-electron chi connectivity index (χ1n) is 8.83. The smallest absolute Gasteiger partial charge is 0.236 e. The molecule has 1 N–H and O–H groups in total. The number of fused-ring (bicyclic) bond motifs is 1. The molecular weight excluding hydrogens is 336 g/mol. The highest BCUT2D eigenvalue weighted by Gasteiger charge is 2.23. The number of hydrogen-bond acceptors (Lipinski definition) is 3. The van der Waals surface area contributed by atoms with Crippen LogP contribution in [0.15, 0.2) is 72.9 Å². The van der Waals surface area contributed by atoms with Crippen molar-refractivity contribution in [1.29, 1.82) is 0 Å². The van der Waals surface area contributed by atoms with E-state index in [9.17, 15) is 4.79 Å². The molecule has 0 bridgehead atoms. The molecule has 2 aromatic heterocycles. The third-order valence-electron chi connectivity index (χ3n) is 4.66. The van der Waals surface area contributed by atoms with Crippen LogP contribution in [0.1, 0.15) is 22.7 Å². The molecule has 5 heteroatoms. The molecule has 0 saturated heterocycles. The van der Waals surface area contributed by atoms with E-state index in [1.807, 2.05) is 80.7 Å². The molecule has 0 aliphatic heterocycles. The Kier molecular flexibility index (Phi) is 4.42. The van der Waals surface area contributed by atoms with Crippen molar-refractivity contribution in [2.24, 2.45) is 7.05 Å². The van der Waals surface area contributed by atoms with Gasteiger partial charge in [0.25, 0.3) is 0 Å². The Bertz CT molecular complexity index is 1050. The molecule has 0 spiro atoms. The van der Waals surface area contributed by atoms with Gasteiger partial charge in [0, 0.05) is 12.4 Å². The van der Waals surface area contributed by atoms with E-state index in [1.54, 1.807) is 10.9 Å². The van der Waals surface area contributed by atoms with Crippen LogP contribution < -0.4 is 5.32 Å². The summed E-state index contributed by atoms with van der Waals surface area (Å²) in [6.07, 6.45) is 1.67. The summed E-state index contributed by atoms with van der Waals surface area (Å²) in [5.41, 5.74) is 4.26. The quantitative estimate of drug-likeness (QED) is 0.600. The number of aromatic nitrogens is 3. The van der Waals surface area contributed by atoms with Crippen molar-refractivity contribution in [2.75, 3.05) is 5.32 Å². The summed E-state index contributed by atoms with van der Waals surface area (Å²) < 4.78 is 1.74. The minimum Gasteiger partial charge on any atom is -0.324 e. The Labute approximate surface area is 157 Å². The molecule has 1 amide bonds. The van der Waals surface area contributed by atoms with E-state index in [0.717, 1.165) is 27.9 Å². The number of amides is 1. The predicted octanol–water partition coefficient (Wildman–Crippen LogP) is 4.05. The van der Waals surface area contributed by atoms with Gasteiger partial charge in [-0.2, -0.15) is 5.10 Å². The number of nitrogens with zero attached hydrogens (tertiary/aromatic N) is 3. The number of hydrogen-bond donors (Lipinski definition) is 1. The van der Waals surface area contributed by atoms with Gasteiger partial charge >= 0.3 is 0 Å². The van der Waals surface area contributed by atoms with Gasteiger partial charge in [-0.1, -0.05) is 60.7 Å². The van der Waals surface area contributed by atoms with Gasteiger partial charge in [0.1, 0.15) is 0 Å². The van der Waals surface area contributed by atoms with E-state index < -0.39 is 5.92 Å². The summed E-state index contributed by atoms with van der Waals surface area (Å²) in [5, 5.41) is 8.35. The van der Waals surface area contributed by atoms with Crippen molar-refractivity contribution >= 4 is 22.6 Å². The van der Waals surface area contributed by atoms with Crippen molar-refractivity contribution in [2.45, 2.75) is 12.8 Å². The summed E-state index contributed by atoms with van der Waals surface area (Å²) >= 11 is 0. The lowest BCUT2D eigenvalue weighted by Gasteiger charge is -2.18. The number of pyridine rings is 1. The third kappa shape index (κ3) is 3.31. The lowest BCUT2D eigenvalue weighted by molar-refractivity contribution is -0.116. The van der Waals surface area contributed by atoms with Crippen molar-refractivity contribution in [3.05, 3.63) is 89.7 Å². The number of carbonyl (C=O) groups is 1. The molecule has 2 heterocycles. The zero-order valence-electron chi connectivity index (χ0n) is 15.3. The minimum absolute atomic E-state index is 0.0879. The number of aryl methyl sites for hydroxylation is 2. The van der Waals surface area contributed by atoms with Crippen molar-refractivity contribution in [1.82, 2.24) is 14.8 Å². The van der Waals surface area contributed by atoms with Crippen molar-refractivity contribution in [3.63, 3.8) is 0 Å². The summed E-state index contributed by atoms with van der Waals surface area (Å²) in [5.74, 6) is -0.479. The standard InChI is InChI=1S/C22H20N4O/c1-15-19-13-18(14-23-21(19)26(2)25-15)24-22(27)20(16-9-5-3-6-10-16)17-11-7-4-8-12-17/h3-14,20H,1-2H3,(H,24,27). The number of nitrogens with one attached hydrogen (secondary N) is 1. The molecule has 4 aromatic rings. The van der Waals surface area contributed by atoms with E-state index in [2.05, 4.69) is 15.4 Å². The number of carbonyl (C=O) groups excluding carboxylic acids is 1. The molecule has 27 heavy (non-hydrogen) atoms. The van der Waals surface area contributed by atoms with Crippen LogP contribution in [-0.2, 0) is 11.8 Å². The highest BCUT2D eigenvalue weighted by Crippen LogP contribution is 2.27. The fourth-order valence-electron chi connectivity index (χ4n) is 3.38. The molecule has 0 aliphatic carbocycles. The summed E-state index contributed by atoms with van der Waals surface area (Å²) in [4.78, 5) is 17.6. The maximum Gasteiger partial charge on any atom is 0.236 e. The van der Waals surface area contributed by atoms with Crippen LogP contribution in [0.3, 0.4) is 0 Å². The first-order chi connectivity index (χ1) is 13.1. The average Bonchev–Trinajstić information content (AvgIpc) is 2.97.